The first kappa shape index (κ1) is 12.9. The molecule has 98 valence electrons. The molecule has 0 aliphatic carbocycles. The molecule has 0 aliphatic heterocycles. The Morgan fingerprint density at radius 2 is 1.72 bits per heavy atom. The molecule has 2 aromatic heterocycles. The van der Waals surface area contributed by atoms with Gasteiger partial charge in [-0.2, -0.15) is 5.10 Å². The molecule has 0 fully saturated rings. The molecule has 0 aliphatic rings. The summed E-state index contributed by atoms with van der Waals surface area (Å²) >= 11 is 0. The van der Waals surface area contributed by atoms with Crippen molar-refractivity contribution in [2.45, 2.75) is 52.5 Å². The van der Waals surface area contributed by atoms with E-state index < -0.39 is 0 Å². The number of anilines is 1. The summed E-state index contributed by atoms with van der Waals surface area (Å²) in [5.41, 5.74) is 7.99. The number of nitrogens with zero attached hydrogens (tertiary/aromatic N) is 3. The quantitative estimate of drug-likeness (QED) is 0.777. The van der Waals surface area contributed by atoms with E-state index in [0.29, 0.717) is 5.82 Å². The van der Waals surface area contributed by atoms with Crippen LogP contribution in [0.5, 0.6) is 0 Å². The molecule has 18 heavy (non-hydrogen) atoms. The van der Waals surface area contributed by atoms with Gasteiger partial charge in [-0.3, -0.25) is 4.68 Å². The number of aromatic nitrogens is 3. The highest BCUT2D eigenvalue weighted by atomic mass is 15.3. The molecule has 0 spiro atoms. The van der Waals surface area contributed by atoms with Crippen molar-refractivity contribution in [1.29, 1.82) is 0 Å². The van der Waals surface area contributed by atoms with Crippen molar-refractivity contribution in [3.8, 4) is 0 Å². The molecule has 2 N–H and O–H groups in total. The molecule has 0 radical (unpaired) electrons. The number of fused-ring (bicyclic) bond motifs is 1. The monoisotopic (exact) mass is 246 g/mol. The molecule has 0 atom stereocenters. The van der Waals surface area contributed by atoms with Gasteiger partial charge < -0.3 is 5.73 Å². The van der Waals surface area contributed by atoms with Gasteiger partial charge >= 0.3 is 0 Å². The topological polar surface area (TPSA) is 56.7 Å². The molecule has 2 rings (SSSR count). The minimum atomic E-state index is -0.0739. The Kier molecular flexibility index (Phi) is 2.65. The lowest BCUT2D eigenvalue weighted by Gasteiger charge is -2.21. The maximum absolute atomic E-state index is 6.05. The third-order valence-corrected chi connectivity index (χ3v) is 2.97. The molecule has 2 heterocycles. The average Bonchev–Trinajstić information content (AvgIpc) is 2.56. The summed E-state index contributed by atoms with van der Waals surface area (Å²) < 4.78 is 2.04. The second-order valence-electron chi connectivity index (χ2n) is 6.77. The van der Waals surface area contributed by atoms with Crippen LogP contribution in [0.25, 0.3) is 10.9 Å². The summed E-state index contributed by atoms with van der Waals surface area (Å²) in [5.74, 6) is 0.563. The second kappa shape index (κ2) is 3.70. The van der Waals surface area contributed by atoms with Crippen LogP contribution in [0.1, 0.15) is 47.2 Å². The van der Waals surface area contributed by atoms with Gasteiger partial charge in [-0.1, -0.05) is 20.8 Å². The lowest BCUT2D eigenvalue weighted by Crippen LogP contribution is -2.24. The van der Waals surface area contributed by atoms with Crippen LogP contribution in [0, 0.1) is 0 Å². The summed E-state index contributed by atoms with van der Waals surface area (Å²) in [4.78, 5) is 4.20. The van der Waals surface area contributed by atoms with Gasteiger partial charge in [-0.05, 0) is 26.8 Å². The molecule has 0 saturated carbocycles. The molecule has 2 aromatic rings. The number of hydrogen-bond acceptors (Lipinski definition) is 3. The Labute approximate surface area is 108 Å². The van der Waals surface area contributed by atoms with E-state index in [9.17, 15) is 0 Å². The first-order valence-electron chi connectivity index (χ1n) is 6.26. The molecule has 0 amide bonds. The van der Waals surface area contributed by atoms with Crippen LogP contribution in [0.15, 0.2) is 12.3 Å². The van der Waals surface area contributed by atoms with Gasteiger partial charge in [-0.15, -0.1) is 0 Å². The molecular weight excluding hydrogens is 224 g/mol. The molecule has 0 saturated heterocycles. The number of nitrogen functional groups attached to an aromatic ring is 1. The first-order valence-corrected chi connectivity index (χ1v) is 6.26. The van der Waals surface area contributed by atoms with Crippen molar-refractivity contribution >= 4 is 16.7 Å². The standard InChI is InChI=1S/C14H22N4/c1-13(2,3)11-10-9(7-8-16-12(10)15)18(17-11)14(4,5)6/h7-8H,1-6H3,(H2,15,16). The van der Waals surface area contributed by atoms with Crippen LogP contribution >= 0.6 is 0 Å². The van der Waals surface area contributed by atoms with Gasteiger partial charge in [-0.25, -0.2) is 4.98 Å². The molecule has 0 unspecified atom stereocenters. The fourth-order valence-electron chi connectivity index (χ4n) is 2.13. The smallest absolute Gasteiger partial charge is 0.134 e. The van der Waals surface area contributed by atoms with Crippen LogP contribution in [0.4, 0.5) is 5.82 Å². The SMILES string of the molecule is CC(C)(C)c1nn(C(C)(C)C)c2ccnc(N)c12. The summed E-state index contributed by atoms with van der Waals surface area (Å²) in [6, 6.07) is 1.99. The third kappa shape index (κ3) is 1.96. The number of hydrogen-bond donors (Lipinski definition) is 1. The van der Waals surface area contributed by atoms with Gasteiger partial charge in [0.05, 0.1) is 22.1 Å². The predicted molar refractivity (Wildman–Crippen MR) is 75.6 cm³/mol. The largest absolute Gasteiger partial charge is 0.383 e. The lowest BCUT2D eigenvalue weighted by atomic mass is 9.90. The fraction of sp³-hybridized carbons (Fsp3) is 0.571. The zero-order valence-corrected chi connectivity index (χ0v) is 12.1. The van der Waals surface area contributed by atoms with Crippen molar-refractivity contribution in [2.24, 2.45) is 0 Å². The predicted octanol–water partition coefficient (Wildman–Crippen LogP) is 3.07. The summed E-state index contributed by atoms with van der Waals surface area (Å²) in [6.45, 7) is 12.9. The van der Waals surface area contributed by atoms with E-state index in [2.05, 4.69) is 46.5 Å². The van der Waals surface area contributed by atoms with Gasteiger partial charge in [0.15, 0.2) is 0 Å². The van der Waals surface area contributed by atoms with E-state index in [1.54, 1.807) is 6.20 Å². The minimum Gasteiger partial charge on any atom is -0.383 e. The van der Waals surface area contributed by atoms with Gasteiger partial charge in [0.2, 0.25) is 0 Å². The molecule has 0 aromatic carbocycles. The number of pyridine rings is 1. The van der Waals surface area contributed by atoms with E-state index >= 15 is 0 Å². The highest BCUT2D eigenvalue weighted by Gasteiger charge is 2.27. The van der Waals surface area contributed by atoms with Crippen LogP contribution in [0.2, 0.25) is 0 Å². The van der Waals surface area contributed by atoms with E-state index in [-0.39, 0.29) is 11.0 Å². The number of nitrogens with two attached hydrogens (primary N) is 1. The fourth-order valence-corrected chi connectivity index (χ4v) is 2.13. The summed E-state index contributed by atoms with van der Waals surface area (Å²) in [6.07, 6.45) is 1.74. The van der Waals surface area contributed by atoms with Gasteiger partial charge in [0.1, 0.15) is 5.82 Å². The normalized spacial score (nSPS) is 13.2. The van der Waals surface area contributed by atoms with Crippen LogP contribution in [-0.4, -0.2) is 14.8 Å². The zero-order valence-electron chi connectivity index (χ0n) is 12.1. The molecule has 4 nitrogen and oxygen atoms in total. The van der Waals surface area contributed by atoms with Gasteiger partial charge in [0, 0.05) is 11.6 Å². The Bertz CT molecular complexity index is 582. The average molecular weight is 246 g/mol. The van der Waals surface area contributed by atoms with Crippen LogP contribution in [0.3, 0.4) is 0 Å². The first-order chi connectivity index (χ1) is 8.12. The summed E-state index contributed by atoms with van der Waals surface area (Å²) in [5, 5.41) is 5.78. The van der Waals surface area contributed by atoms with E-state index in [1.165, 1.54) is 0 Å². The maximum atomic E-state index is 6.05. The van der Waals surface area contributed by atoms with Crippen molar-refractivity contribution in [3.05, 3.63) is 18.0 Å². The summed E-state index contributed by atoms with van der Waals surface area (Å²) in [7, 11) is 0. The second-order valence-corrected chi connectivity index (χ2v) is 6.77. The van der Waals surface area contributed by atoms with Gasteiger partial charge in [0.25, 0.3) is 0 Å². The van der Waals surface area contributed by atoms with Crippen molar-refractivity contribution < 1.29 is 0 Å². The van der Waals surface area contributed by atoms with Crippen LogP contribution < -0.4 is 5.73 Å². The molecular formula is C14H22N4. The number of rotatable bonds is 0. The third-order valence-electron chi connectivity index (χ3n) is 2.97. The molecule has 4 heteroatoms. The van der Waals surface area contributed by atoms with Crippen LogP contribution in [-0.2, 0) is 11.0 Å². The highest BCUT2D eigenvalue weighted by molar-refractivity contribution is 5.91. The highest BCUT2D eigenvalue weighted by Crippen LogP contribution is 2.34. The van der Waals surface area contributed by atoms with Crippen molar-refractivity contribution in [3.63, 3.8) is 0 Å². The Balaban J connectivity index is 2.89. The van der Waals surface area contributed by atoms with Crippen molar-refractivity contribution in [1.82, 2.24) is 14.8 Å². The Morgan fingerprint density at radius 3 is 2.22 bits per heavy atom. The Hall–Kier alpha value is -1.58. The zero-order chi connectivity index (χ0) is 13.7. The minimum absolute atomic E-state index is 0.0497. The molecule has 0 bridgehead atoms. The van der Waals surface area contributed by atoms with E-state index in [4.69, 9.17) is 10.8 Å². The lowest BCUT2D eigenvalue weighted by molar-refractivity contribution is 0.360. The Morgan fingerprint density at radius 1 is 1.11 bits per heavy atom. The van der Waals surface area contributed by atoms with E-state index in [0.717, 1.165) is 16.6 Å². The van der Waals surface area contributed by atoms with Crippen molar-refractivity contribution in [2.75, 3.05) is 5.73 Å². The maximum Gasteiger partial charge on any atom is 0.134 e. The van der Waals surface area contributed by atoms with E-state index in [1.807, 2.05) is 10.7 Å².